The summed E-state index contributed by atoms with van der Waals surface area (Å²) < 4.78 is 1.85. The van der Waals surface area contributed by atoms with Crippen LogP contribution in [0.15, 0.2) is 12.3 Å². The first-order valence-corrected chi connectivity index (χ1v) is 7.10. The largest absolute Gasteiger partial charge is 0.304 e. The molecule has 0 saturated carbocycles. The normalized spacial score (nSPS) is 12.9. The Morgan fingerprint density at radius 1 is 1.44 bits per heavy atom. The van der Waals surface area contributed by atoms with Gasteiger partial charge in [0.1, 0.15) is 0 Å². The number of aromatic nitrogens is 3. The number of rotatable bonds is 5. The van der Waals surface area contributed by atoms with Gasteiger partial charge in [0, 0.05) is 13.2 Å². The van der Waals surface area contributed by atoms with E-state index in [2.05, 4.69) is 42.2 Å². The molecule has 2 rings (SSSR count). The smallest absolute Gasteiger partial charge is 0.0900 e. The SMILES string of the molecule is CCCNC(c1ccn(C)n1)c1sc(C)nc1C. The predicted molar refractivity (Wildman–Crippen MR) is 74.9 cm³/mol. The monoisotopic (exact) mass is 264 g/mol. The third-order valence-electron chi connectivity index (χ3n) is 2.83. The number of aryl methyl sites for hydroxylation is 3. The molecule has 0 bridgehead atoms. The summed E-state index contributed by atoms with van der Waals surface area (Å²) in [4.78, 5) is 5.79. The van der Waals surface area contributed by atoms with E-state index in [1.165, 1.54) is 4.88 Å². The summed E-state index contributed by atoms with van der Waals surface area (Å²) in [7, 11) is 1.95. The lowest BCUT2D eigenvalue weighted by atomic mass is 10.1. The van der Waals surface area contributed by atoms with Gasteiger partial charge in [0.15, 0.2) is 0 Å². The van der Waals surface area contributed by atoms with Crippen molar-refractivity contribution in [2.24, 2.45) is 7.05 Å². The average molecular weight is 264 g/mol. The fourth-order valence-corrected chi connectivity index (χ4v) is 3.04. The third-order valence-corrected chi connectivity index (χ3v) is 3.97. The van der Waals surface area contributed by atoms with Crippen LogP contribution in [-0.4, -0.2) is 21.3 Å². The van der Waals surface area contributed by atoms with E-state index in [9.17, 15) is 0 Å². The highest BCUT2D eigenvalue weighted by atomic mass is 32.1. The van der Waals surface area contributed by atoms with Gasteiger partial charge in [0.2, 0.25) is 0 Å². The quantitative estimate of drug-likeness (QED) is 0.902. The maximum Gasteiger partial charge on any atom is 0.0900 e. The number of nitrogens with zero attached hydrogens (tertiary/aromatic N) is 3. The highest BCUT2D eigenvalue weighted by Crippen LogP contribution is 2.29. The number of nitrogens with one attached hydrogen (secondary N) is 1. The van der Waals surface area contributed by atoms with Crippen LogP contribution in [0.25, 0.3) is 0 Å². The van der Waals surface area contributed by atoms with Gasteiger partial charge in [0.05, 0.1) is 27.3 Å². The first-order chi connectivity index (χ1) is 8.61. The van der Waals surface area contributed by atoms with Crippen molar-refractivity contribution in [3.05, 3.63) is 33.5 Å². The minimum absolute atomic E-state index is 0.164. The summed E-state index contributed by atoms with van der Waals surface area (Å²) in [5.41, 5.74) is 2.18. The molecule has 98 valence electrons. The van der Waals surface area contributed by atoms with Gasteiger partial charge in [-0.25, -0.2) is 4.98 Å². The minimum Gasteiger partial charge on any atom is -0.304 e. The van der Waals surface area contributed by atoms with Crippen LogP contribution in [0.4, 0.5) is 0 Å². The summed E-state index contributed by atoms with van der Waals surface area (Å²) >= 11 is 1.75. The van der Waals surface area contributed by atoms with E-state index in [-0.39, 0.29) is 6.04 Å². The molecule has 0 amide bonds. The maximum absolute atomic E-state index is 4.52. The molecule has 0 radical (unpaired) electrons. The van der Waals surface area contributed by atoms with Crippen molar-refractivity contribution < 1.29 is 0 Å². The van der Waals surface area contributed by atoms with Crippen LogP contribution >= 0.6 is 11.3 Å². The van der Waals surface area contributed by atoms with Crippen LogP contribution in [0.2, 0.25) is 0 Å². The lowest BCUT2D eigenvalue weighted by Gasteiger charge is -2.15. The van der Waals surface area contributed by atoms with Crippen molar-refractivity contribution in [1.29, 1.82) is 0 Å². The molecular weight excluding hydrogens is 244 g/mol. The average Bonchev–Trinajstić information content (AvgIpc) is 2.87. The van der Waals surface area contributed by atoms with Gasteiger partial charge in [-0.05, 0) is 32.9 Å². The second-order valence-corrected chi connectivity index (χ2v) is 5.72. The van der Waals surface area contributed by atoms with E-state index in [1.807, 2.05) is 17.9 Å². The highest BCUT2D eigenvalue weighted by molar-refractivity contribution is 7.11. The predicted octanol–water partition coefficient (Wildman–Crippen LogP) is 2.58. The van der Waals surface area contributed by atoms with Crippen LogP contribution in [0.1, 0.15) is 40.7 Å². The van der Waals surface area contributed by atoms with Crippen molar-refractivity contribution >= 4 is 11.3 Å². The molecular formula is C13H20N4S. The zero-order valence-electron chi connectivity index (χ0n) is 11.4. The number of hydrogen-bond acceptors (Lipinski definition) is 4. The van der Waals surface area contributed by atoms with Gasteiger partial charge in [-0.1, -0.05) is 6.92 Å². The third kappa shape index (κ3) is 2.79. The van der Waals surface area contributed by atoms with Crippen LogP contribution < -0.4 is 5.32 Å². The Balaban J connectivity index is 2.33. The summed E-state index contributed by atoms with van der Waals surface area (Å²) in [6.07, 6.45) is 3.10. The molecule has 1 atom stereocenters. The number of hydrogen-bond donors (Lipinski definition) is 1. The Hall–Kier alpha value is -1.20. The molecule has 0 aromatic carbocycles. The first kappa shape index (κ1) is 13.2. The Kier molecular flexibility index (Phi) is 4.14. The van der Waals surface area contributed by atoms with Crippen LogP contribution in [0.3, 0.4) is 0 Å². The molecule has 0 aliphatic rings. The summed E-state index contributed by atoms with van der Waals surface area (Å²) in [6.45, 7) is 7.28. The Bertz CT molecular complexity index is 515. The zero-order valence-corrected chi connectivity index (χ0v) is 12.2. The summed E-state index contributed by atoms with van der Waals surface area (Å²) in [5, 5.41) is 9.20. The fraction of sp³-hybridized carbons (Fsp3) is 0.538. The maximum atomic E-state index is 4.52. The van der Waals surface area contributed by atoms with E-state index >= 15 is 0 Å². The van der Waals surface area contributed by atoms with E-state index in [0.29, 0.717) is 0 Å². The second kappa shape index (κ2) is 5.63. The molecule has 0 saturated heterocycles. The lowest BCUT2D eigenvalue weighted by molar-refractivity contribution is 0.579. The Morgan fingerprint density at radius 2 is 2.22 bits per heavy atom. The van der Waals surface area contributed by atoms with Crippen LogP contribution in [-0.2, 0) is 7.05 Å². The van der Waals surface area contributed by atoms with Gasteiger partial charge >= 0.3 is 0 Å². The van der Waals surface area contributed by atoms with Gasteiger partial charge in [-0.2, -0.15) is 5.10 Å². The first-order valence-electron chi connectivity index (χ1n) is 6.28. The van der Waals surface area contributed by atoms with Gasteiger partial charge < -0.3 is 5.32 Å². The lowest BCUT2D eigenvalue weighted by Crippen LogP contribution is -2.23. The summed E-state index contributed by atoms with van der Waals surface area (Å²) in [5.74, 6) is 0. The van der Waals surface area contributed by atoms with Gasteiger partial charge in [0.25, 0.3) is 0 Å². The van der Waals surface area contributed by atoms with Crippen LogP contribution in [0.5, 0.6) is 0 Å². The number of thiazole rings is 1. The molecule has 2 heterocycles. The van der Waals surface area contributed by atoms with Crippen LogP contribution in [0, 0.1) is 13.8 Å². The van der Waals surface area contributed by atoms with Gasteiger partial charge in [-0.3, -0.25) is 4.68 Å². The van der Waals surface area contributed by atoms with E-state index in [0.717, 1.165) is 29.4 Å². The Labute approximate surface area is 112 Å². The zero-order chi connectivity index (χ0) is 13.1. The van der Waals surface area contributed by atoms with E-state index < -0.39 is 0 Å². The van der Waals surface area contributed by atoms with Crippen molar-refractivity contribution in [3.63, 3.8) is 0 Å². The minimum atomic E-state index is 0.164. The molecule has 5 heteroatoms. The molecule has 1 unspecified atom stereocenters. The molecule has 18 heavy (non-hydrogen) atoms. The van der Waals surface area contributed by atoms with Gasteiger partial charge in [-0.15, -0.1) is 11.3 Å². The summed E-state index contributed by atoms with van der Waals surface area (Å²) in [6, 6.07) is 2.24. The highest BCUT2D eigenvalue weighted by Gasteiger charge is 2.20. The van der Waals surface area contributed by atoms with Crippen molar-refractivity contribution in [2.75, 3.05) is 6.54 Å². The topological polar surface area (TPSA) is 42.7 Å². The molecule has 0 spiro atoms. The molecule has 0 aliphatic heterocycles. The van der Waals surface area contributed by atoms with E-state index in [4.69, 9.17) is 0 Å². The Morgan fingerprint density at radius 3 is 2.72 bits per heavy atom. The van der Waals surface area contributed by atoms with Crippen molar-refractivity contribution in [2.45, 2.75) is 33.2 Å². The molecule has 2 aromatic rings. The molecule has 0 fully saturated rings. The molecule has 2 aromatic heterocycles. The van der Waals surface area contributed by atoms with Crippen molar-refractivity contribution in [3.8, 4) is 0 Å². The standard InChI is InChI=1S/C13H20N4S/c1-5-7-14-12(11-6-8-17(4)16-11)13-9(2)15-10(3)18-13/h6,8,12,14H,5,7H2,1-4H3. The van der Waals surface area contributed by atoms with Crippen molar-refractivity contribution in [1.82, 2.24) is 20.1 Å². The van der Waals surface area contributed by atoms with E-state index in [1.54, 1.807) is 11.3 Å². The fourth-order valence-electron chi connectivity index (χ4n) is 2.02. The molecule has 0 aliphatic carbocycles. The second-order valence-electron chi connectivity index (χ2n) is 4.48. The molecule has 4 nitrogen and oxygen atoms in total. The molecule has 1 N–H and O–H groups in total.